The second-order valence-electron chi connectivity index (χ2n) is 5.18. The van der Waals surface area contributed by atoms with Crippen molar-refractivity contribution in [3.63, 3.8) is 0 Å². The molecule has 0 saturated carbocycles. The molecule has 23 heavy (non-hydrogen) atoms. The number of benzene rings is 2. The zero-order chi connectivity index (χ0) is 16.8. The molecule has 0 saturated heterocycles. The van der Waals surface area contributed by atoms with Crippen molar-refractivity contribution in [1.82, 2.24) is 0 Å². The number of anilines is 1. The van der Waals surface area contributed by atoms with Crippen LogP contribution >= 0.6 is 0 Å². The number of rotatable bonds is 7. The van der Waals surface area contributed by atoms with Gasteiger partial charge >= 0.3 is 0 Å². The Bertz CT molecular complexity index is 637. The number of methoxy groups -OCH3 is 2. The molecular weight excluding hydrogens is 294 g/mol. The third-order valence-electron chi connectivity index (χ3n) is 3.62. The molecular formula is C18H21NO4. The van der Waals surface area contributed by atoms with Crippen LogP contribution in [0, 0.1) is 0 Å². The van der Waals surface area contributed by atoms with Crippen LogP contribution in [0.4, 0.5) is 5.69 Å². The van der Waals surface area contributed by atoms with E-state index in [2.05, 4.69) is 5.32 Å². The number of Topliss-reactive ketones (excluding diaryl/α,β-unsaturated/α-hetero) is 1. The zero-order valence-electron chi connectivity index (χ0n) is 13.4. The number of carbonyl (C=O) groups excluding carboxylic acids is 1. The summed E-state index contributed by atoms with van der Waals surface area (Å²) in [6.07, 6.45) is -1.15. The van der Waals surface area contributed by atoms with E-state index in [4.69, 9.17) is 9.47 Å². The van der Waals surface area contributed by atoms with Crippen molar-refractivity contribution in [2.45, 2.75) is 19.1 Å². The minimum absolute atomic E-state index is 0.299. The number of nitrogens with one attached hydrogen (secondary N) is 1. The van der Waals surface area contributed by atoms with Crippen LogP contribution in [0.25, 0.3) is 0 Å². The quantitative estimate of drug-likeness (QED) is 0.822. The highest BCUT2D eigenvalue weighted by molar-refractivity contribution is 5.81. The summed E-state index contributed by atoms with van der Waals surface area (Å²) in [7, 11) is 3.19. The number of hydrogen-bond acceptors (Lipinski definition) is 5. The smallest absolute Gasteiger partial charge is 0.160 e. The Morgan fingerprint density at radius 3 is 1.87 bits per heavy atom. The van der Waals surface area contributed by atoms with Crippen molar-refractivity contribution in [2.75, 3.05) is 19.5 Å². The van der Waals surface area contributed by atoms with Crippen LogP contribution in [0.3, 0.4) is 0 Å². The van der Waals surface area contributed by atoms with E-state index in [1.165, 1.54) is 6.92 Å². The van der Waals surface area contributed by atoms with Gasteiger partial charge in [0.25, 0.3) is 0 Å². The van der Waals surface area contributed by atoms with Crippen molar-refractivity contribution in [2.24, 2.45) is 0 Å². The van der Waals surface area contributed by atoms with Gasteiger partial charge < -0.3 is 19.9 Å². The lowest BCUT2D eigenvalue weighted by molar-refractivity contribution is -0.125. The summed E-state index contributed by atoms with van der Waals surface area (Å²) < 4.78 is 10.3. The number of hydrogen-bond donors (Lipinski definition) is 2. The number of ketones is 1. The Balaban J connectivity index is 2.27. The first-order valence-electron chi connectivity index (χ1n) is 7.28. The topological polar surface area (TPSA) is 67.8 Å². The molecule has 5 heteroatoms. The fraction of sp³-hybridized carbons (Fsp3) is 0.278. The van der Waals surface area contributed by atoms with Gasteiger partial charge in [0.15, 0.2) is 5.78 Å². The minimum atomic E-state index is -1.15. The Kier molecular flexibility index (Phi) is 5.60. The van der Waals surface area contributed by atoms with Crippen LogP contribution < -0.4 is 14.8 Å². The first-order valence-corrected chi connectivity index (χ1v) is 7.28. The van der Waals surface area contributed by atoms with E-state index in [0.29, 0.717) is 5.75 Å². The second kappa shape index (κ2) is 7.65. The number of ether oxygens (including phenoxy) is 2. The average molecular weight is 315 g/mol. The summed E-state index contributed by atoms with van der Waals surface area (Å²) >= 11 is 0. The van der Waals surface area contributed by atoms with E-state index in [-0.39, 0.29) is 5.78 Å². The molecule has 0 aliphatic heterocycles. The maximum Gasteiger partial charge on any atom is 0.160 e. The lowest BCUT2D eigenvalue weighted by atomic mass is 9.98. The SMILES string of the molecule is COc1ccc(N[C@H](c2ccc(OC)cc2)[C@H](O)C(C)=O)cc1. The fourth-order valence-corrected chi connectivity index (χ4v) is 2.26. The first kappa shape index (κ1) is 16.8. The van der Waals surface area contributed by atoms with Gasteiger partial charge in [-0.3, -0.25) is 4.79 Å². The van der Waals surface area contributed by atoms with Gasteiger partial charge in [0, 0.05) is 5.69 Å². The van der Waals surface area contributed by atoms with Crippen LogP contribution in [0.1, 0.15) is 18.5 Å². The molecule has 5 nitrogen and oxygen atoms in total. The van der Waals surface area contributed by atoms with Crippen molar-refractivity contribution >= 4 is 11.5 Å². The molecule has 2 N–H and O–H groups in total. The molecule has 2 rings (SSSR count). The van der Waals surface area contributed by atoms with Gasteiger partial charge in [-0.2, -0.15) is 0 Å². The van der Waals surface area contributed by atoms with Gasteiger partial charge in [0.05, 0.1) is 20.3 Å². The van der Waals surface area contributed by atoms with E-state index in [9.17, 15) is 9.90 Å². The number of aliphatic hydroxyl groups excluding tert-OH is 1. The predicted octanol–water partition coefficient (Wildman–Crippen LogP) is 2.81. The molecule has 2 aromatic rings. The van der Waals surface area contributed by atoms with Gasteiger partial charge in [-0.1, -0.05) is 12.1 Å². The van der Waals surface area contributed by atoms with E-state index in [0.717, 1.165) is 17.0 Å². The molecule has 122 valence electrons. The maximum absolute atomic E-state index is 11.6. The van der Waals surface area contributed by atoms with Gasteiger partial charge in [-0.25, -0.2) is 0 Å². The zero-order valence-corrected chi connectivity index (χ0v) is 13.4. The largest absolute Gasteiger partial charge is 0.497 e. The summed E-state index contributed by atoms with van der Waals surface area (Å²) in [6.45, 7) is 1.37. The summed E-state index contributed by atoms with van der Waals surface area (Å²) in [5, 5.41) is 13.5. The Hall–Kier alpha value is -2.53. The molecule has 0 radical (unpaired) electrons. The van der Waals surface area contributed by atoms with Gasteiger partial charge in [-0.15, -0.1) is 0 Å². The third kappa shape index (κ3) is 4.23. The summed E-state index contributed by atoms with van der Waals surface area (Å²) in [5.74, 6) is 1.16. The first-order chi connectivity index (χ1) is 11.0. The maximum atomic E-state index is 11.6. The lowest BCUT2D eigenvalue weighted by Gasteiger charge is -2.24. The molecule has 2 atom stereocenters. The normalized spacial score (nSPS) is 13.0. The van der Waals surface area contributed by atoms with Crippen LogP contribution in [-0.2, 0) is 4.79 Å². The Morgan fingerprint density at radius 1 is 0.957 bits per heavy atom. The van der Waals surface area contributed by atoms with Crippen LogP contribution in [0.2, 0.25) is 0 Å². The van der Waals surface area contributed by atoms with Gasteiger partial charge in [0.2, 0.25) is 0 Å². The molecule has 0 aliphatic rings. The molecule has 0 heterocycles. The third-order valence-corrected chi connectivity index (χ3v) is 3.62. The van der Waals surface area contributed by atoms with Gasteiger partial charge in [0.1, 0.15) is 17.6 Å². The van der Waals surface area contributed by atoms with Crippen molar-refractivity contribution in [3.05, 3.63) is 54.1 Å². The van der Waals surface area contributed by atoms with E-state index in [1.54, 1.807) is 26.4 Å². The van der Waals surface area contributed by atoms with Crippen molar-refractivity contribution in [3.8, 4) is 11.5 Å². The average Bonchev–Trinajstić information content (AvgIpc) is 2.59. The molecule has 0 amide bonds. The monoisotopic (exact) mass is 315 g/mol. The predicted molar refractivity (Wildman–Crippen MR) is 89.0 cm³/mol. The summed E-state index contributed by atoms with van der Waals surface area (Å²) in [5.41, 5.74) is 1.58. The molecule has 0 aliphatic carbocycles. The summed E-state index contributed by atoms with van der Waals surface area (Å²) in [4.78, 5) is 11.6. The fourth-order valence-electron chi connectivity index (χ4n) is 2.26. The lowest BCUT2D eigenvalue weighted by Crippen LogP contribution is -2.31. The number of aliphatic hydroxyl groups is 1. The molecule has 0 aromatic heterocycles. The Labute approximate surface area is 135 Å². The van der Waals surface area contributed by atoms with E-state index < -0.39 is 12.1 Å². The van der Waals surface area contributed by atoms with E-state index >= 15 is 0 Å². The minimum Gasteiger partial charge on any atom is -0.497 e. The highest BCUT2D eigenvalue weighted by Crippen LogP contribution is 2.26. The van der Waals surface area contributed by atoms with Crippen LogP contribution in [0.15, 0.2) is 48.5 Å². The van der Waals surface area contributed by atoms with Crippen molar-refractivity contribution in [1.29, 1.82) is 0 Å². The number of carbonyl (C=O) groups is 1. The molecule has 0 spiro atoms. The Morgan fingerprint density at radius 2 is 1.43 bits per heavy atom. The summed E-state index contributed by atoms with van der Waals surface area (Å²) in [6, 6.07) is 14.0. The van der Waals surface area contributed by atoms with Crippen LogP contribution in [0.5, 0.6) is 11.5 Å². The molecule has 0 bridgehead atoms. The standard InChI is InChI=1S/C18H21NO4/c1-12(20)18(21)17(13-4-8-15(22-2)9-5-13)19-14-6-10-16(23-3)11-7-14/h4-11,17-19,21H,1-3H3/t17-,18-/m1/s1. The van der Waals surface area contributed by atoms with Gasteiger partial charge in [-0.05, 0) is 48.9 Å². The van der Waals surface area contributed by atoms with Crippen LogP contribution in [-0.4, -0.2) is 31.2 Å². The highest BCUT2D eigenvalue weighted by Gasteiger charge is 2.25. The molecule has 0 unspecified atom stereocenters. The van der Waals surface area contributed by atoms with Crippen molar-refractivity contribution < 1.29 is 19.4 Å². The molecule has 2 aromatic carbocycles. The highest BCUT2D eigenvalue weighted by atomic mass is 16.5. The van der Waals surface area contributed by atoms with E-state index in [1.807, 2.05) is 36.4 Å². The second-order valence-corrected chi connectivity index (χ2v) is 5.18. The molecule has 0 fully saturated rings.